The van der Waals surface area contributed by atoms with Crippen molar-refractivity contribution in [1.82, 2.24) is 10.2 Å². The summed E-state index contributed by atoms with van der Waals surface area (Å²) in [6.07, 6.45) is 4.27. The molecule has 30 heavy (non-hydrogen) atoms. The van der Waals surface area contributed by atoms with Crippen LogP contribution in [-0.2, 0) is 18.9 Å². The first-order valence-electron chi connectivity index (χ1n) is 11.5. The minimum Gasteiger partial charge on any atom is -0.380 e. The Morgan fingerprint density at radius 1 is 0.600 bits per heavy atom. The number of nitrogens with zero attached hydrogens (tertiary/aromatic N) is 1. The highest BCUT2D eigenvalue weighted by molar-refractivity contribution is 8.06. The van der Waals surface area contributed by atoms with Gasteiger partial charge in [0.1, 0.15) is 6.23 Å². The molecule has 0 spiro atoms. The summed E-state index contributed by atoms with van der Waals surface area (Å²) in [6, 6.07) is 0. The molecular formula is C21H42N2O4S3. The second-order valence-corrected chi connectivity index (χ2v) is 11.0. The fourth-order valence-electron chi connectivity index (χ4n) is 3.29. The SMILES string of the molecule is C1CCN(C2COCCO2)CC1.C1COCCN1.C1CSCCO1.C1CSCCS1. The lowest BCUT2D eigenvalue weighted by Crippen LogP contribution is -2.46. The summed E-state index contributed by atoms with van der Waals surface area (Å²) in [5.74, 6) is 7.91. The van der Waals surface area contributed by atoms with Crippen LogP contribution < -0.4 is 5.32 Å². The molecule has 9 heteroatoms. The molecule has 5 aliphatic rings. The number of nitrogens with one attached hydrogen (secondary N) is 1. The zero-order valence-corrected chi connectivity index (χ0v) is 21.0. The molecule has 5 fully saturated rings. The van der Waals surface area contributed by atoms with E-state index in [1.807, 2.05) is 11.8 Å². The highest BCUT2D eigenvalue weighted by Gasteiger charge is 2.23. The molecule has 5 aliphatic heterocycles. The fourth-order valence-corrected chi connectivity index (χ4v) is 6.26. The summed E-state index contributed by atoms with van der Waals surface area (Å²) in [5, 5.41) is 3.16. The summed E-state index contributed by atoms with van der Waals surface area (Å²) < 4.78 is 21.0. The maximum Gasteiger partial charge on any atom is 0.134 e. The molecule has 0 bridgehead atoms. The topological polar surface area (TPSA) is 52.2 Å². The van der Waals surface area contributed by atoms with Crippen LogP contribution in [0.2, 0.25) is 0 Å². The van der Waals surface area contributed by atoms with Gasteiger partial charge in [-0.1, -0.05) is 6.42 Å². The molecular weight excluding hydrogens is 440 g/mol. The smallest absolute Gasteiger partial charge is 0.134 e. The van der Waals surface area contributed by atoms with Crippen LogP contribution in [0.3, 0.4) is 0 Å². The van der Waals surface area contributed by atoms with Crippen LogP contribution in [0.1, 0.15) is 19.3 Å². The maximum atomic E-state index is 5.62. The first-order valence-corrected chi connectivity index (χ1v) is 15.0. The molecule has 0 amide bonds. The van der Waals surface area contributed by atoms with Gasteiger partial charge in [-0.25, -0.2) is 0 Å². The van der Waals surface area contributed by atoms with E-state index in [0.29, 0.717) is 0 Å². The number of morpholine rings is 1. The number of piperidine rings is 1. The van der Waals surface area contributed by atoms with Crippen molar-refractivity contribution in [2.75, 3.05) is 107 Å². The van der Waals surface area contributed by atoms with Crippen LogP contribution in [0.5, 0.6) is 0 Å². The first kappa shape index (κ1) is 27.1. The van der Waals surface area contributed by atoms with Crippen molar-refractivity contribution in [2.24, 2.45) is 0 Å². The van der Waals surface area contributed by atoms with Gasteiger partial charge in [-0.2, -0.15) is 35.3 Å². The van der Waals surface area contributed by atoms with Crippen molar-refractivity contribution in [2.45, 2.75) is 25.5 Å². The van der Waals surface area contributed by atoms with Gasteiger partial charge >= 0.3 is 0 Å². The molecule has 0 aromatic heterocycles. The molecule has 178 valence electrons. The van der Waals surface area contributed by atoms with E-state index in [9.17, 15) is 0 Å². The second kappa shape index (κ2) is 20.4. The predicted molar refractivity (Wildman–Crippen MR) is 132 cm³/mol. The average Bonchev–Trinajstić information content (AvgIpc) is 2.89. The van der Waals surface area contributed by atoms with Crippen molar-refractivity contribution in [3.8, 4) is 0 Å². The number of thioether (sulfide) groups is 3. The van der Waals surface area contributed by atoms with Gasteiger partial charge in [0.2, 0.25) is 0 Å². The lowest BCUT2D eigenvalue weighted by Gasteiger charge is -2.36. The Balaban J connectivity index is 0.000000152. The predicted octanol–water partition coefficient (Wildman–Crippen LogP) is 2.67. The highest BCUT2D eigenvalue weighted by atomic mass is 32.2. The molecule has 1 N–H and O–H groups in total. The standard InChI is InChI=1S/C9H17NO2.C4H9NO.C4H8OS.C4H8S2/c1-2-4-10(5-3-1)9-8-11-6-7-12-9;2*1-3-6-4-2-5-1;1-2-6-4-3-5-1/h9H,1-8H2;5H,1-4H2;2*1-4H2. The van der Waals surface area contributed by atoms with Gasteiger partial charge in [-0.15, -0.1) is 0 Å². The molecule has 5 heterocycles. The maximum absolute atomic E-state index is 5.62. The van der Waals surface area contributed by atoms with E-state index < -0.39 is 0 Å². The zero-order valence-electron chi connectivity index (χ0n) is 18.5. The van der Waals surface area contributed by atoms with Gasteiger partial charge in [-0.05, 0) is 12.8 Å². The van der Waals surface area contributed by atoms with E-state index in [4.69, 9.17) is 18.9 Å². The molecule has 5 saturated heterocycles. The molecule has 0 saturated carbocycles. The quantitative estimate of drug-likeness (QED) is 0.608. The van der Waals surface area contributed by atoms with E-state index in [0.717, 1.165) is 59.3 Å². The number of likely N-dealkylation sites (tertiary alicyclic amines) is 1. The van der Waals surface area contributed by atoms with Gasteiger partial charge in [0.25, 0.3) is 0 Å². The second-order valence-electron chi connectivity index (χ2n) is 7.31. The molecule has 6 nitrogen and oxygen atoms in total. The Morgan fingerprint density at radius 2 is 1.20 bits per heavy atom. The van der Waals surface area contributed by atoms with Crippen LogP contribution in [0.4, 0.5) is 0 Å². The lowest BCUT2D eigenvalue weighted by molar-refractivity contribution is -0.157. The van der Waals surface area contributed by atoms with E-state index >= 15 is 0 Å². The third-order valence-electron chi connectivity index (χ3n) is 4.93. The third-order valence-corrected chi connectivity index (χ3v) is 8.33. The van der Waals surface area contributed by atoms with E-state index in [1.165, 1.54) is 66.9 Å². The first-order chi connectivity index (χ1) is 15.0. The van der Waals surface area contributed by atoms with Crippen molar-refractivity contribution in [3.63, 3.8) is 0 Å². The zero-order chi connectivity index (χ0) is 21.0. The van der Waals surface area contributed by atoms with Gasteiger partial charge < -0.3 is 24.3 Å². The largest absolute Gasteiger partial charge is 0.380 e. The lowest BCUT2D eigenvalue weighted by atomic mass is 10.1. The molecule has 0 aromatic carbocycles. The number of ether oxygens (including phenoxy) is 4. The van der Waals surface area contributed by atoms with Crippen molar-refractivity contribution < 1.29 is 18.9 Å². The molecule has 0 radical (unpaired) electrons. The van der Waals surface area contributed by atoms with Crippen LogP contribution in [0, 0.1) is 0 Å². The van der Waals surface area contributed by atoms with E-state index in [1.54, 1.807) is 0 Å². The summed E-state index contributed by atoms with van der Waals surface area (Å²) in [7, 11) is 0. The Labute approximate surface area is 196 Å². The normalized spacial score (nSPS) is 27.8. The molecule has 5 rings (SSSR count). The Morgan fingerprint density at radius 3 is 1.57 bits per heavy atom. The average molecular weight is 483 g/mol. The summed E-state index contributed by atoms with van der Waals surface area (Å²) in [5.41, 5.74) is 0. The third kappa shape index (κ3) is 14.8. The Hall–Kier alpha value is 0.810. The molecule has 1 unspecified atom stereocenters. The minimum atomic E-state index is 0.249. The minimum absolute atomic E-state index is 0.249. The highest BCUT2D eigenvalue weighted by Crippen LogP contribution is 2.15. The molecule has 1 atom stereocenters. The van der Waals surface area contributed by atoms with Gasteiger partial charge in [0, 0.05) is 60.7 Å². The van der Waals surface area contributed by atoms with Crippen LogP contribution in [0.25, 0.3) is 0 Å². The Bertz CT molecular complexity index is 283. The summed E-state index contributed by atoms with van der Waals surface area (Å²) in [6.45, 7) is 10.4. The van der Waals surface area contributed by atoms with E-state index in [-0.39, 0.29) is 6.23 Å². The van der Waals surface area contributed by atoms with Crippen LogP contribution in [0.15, 0.2) is 0 Å². The van der Waals surface area contributed by atoms with Crippen molar-refractivity contribution in [3.05, 3.63) is 0 Å². The van der Waals surface area contributed by atoms with Crippen molar-refractivity contribution in [1.29, 1.82) is 0 Å². The summed E-state index contributed by atoms with van der Waals surface area (Å²) in [4.78, 5) is 2.41. The van der Waals surface area contributed by atoms with Gasteiger partial charge in [0.05, 0.1) is 46.2 Å². The van der Waals surface area contributed by atoms with Crippen LogP contribution >= 0.6 is 35.3 Å². The van der Waals surface area contributed by atoms with Crippen molar-refractivity contribution >= 4 is 35.3 Å². The monoisotopic (exact) mass is 482 g/mol. The number of rotatable bonds is 1. The van der Waals surface area contributed by atoms with E-state index in [2.05, 4.69) is 33.7 Å². The molecule has 0 aromatic rings. The number of hydrogen-bond donors (Lipinski definition) is 1. The van der Waals surface area contributed by atoms with Gasteiger partial charge in [0.15, 0.2) is 0 Å². The fraction of sp³-hybridized carbons (Fsp3) is 1.00. The van der Waals surface area contributed by atoms with Crippen LogP contribution in [-0.4, -0.2) is 118 Å². The molecule has 0 aliphatic carbocycles. The summed E-state index contributed by atoms with van der Waals surface area (Å²) >= 11 is 6.12. The van der Waals surface area contributed by atoms with Gasteiger partial charge in [-0.3, -0.25) is 4.90 Å². The number of hydrogen-bond acceptors (Lipinski definition) is 9. The Kier molecular flexibility index (Phi) is 18.4.